The second-order valence-corrected chi connectivity index (χ2v) is 6.43. The molecule has 2 unspecified atom stereocenters. The van der Waals surface area contributed by atoms with Crippen LogP contribution in [0, 0.1) is 23.2 Å². The number of nitrogens with zero attached hydrogens (tertiary/aromatic N) is 1. The summed E-state index contributed by atoms with van der Waals surface area (Å²) < 4.78 is 0. The van der Waals surface area contributed by atoms with Crippen LogP contribution >= 0.6 is 11.6 Å². The van der Waals surface area contributed by atoms with Gasteiger partial charge in [-0.25, -0.2) is 0 Å². The largest absolute Gasteiger partial charge is 0.313 e. The molecule has 0 bridgehead atoms. The van der Waals surface area contributed by atoms with E-state index in [1.807, 2.05) is 12.1 Å². The van der Waals surface area contributed by atoms with Gasteiger partial charge in [-0.15, -0.1) is 0 Å². The molecule has 108 valence electrons. The maximum Gasteiger partial charge on any atom is 0.0992 e. The lowest BCUT2D eigenvalue weighted by molar-refractivity contribution is 0.267. The van der Waals surface area contributed by atoms with Gasteiger partial charge in [0, 0.05) is 11.6 Å². The van der Waals surface area contributed by atoms with Crippen LogP contribution in [0.4, 0.5) is 0 Å². The Hall–Kier alpha value is -1.04. The number of nitrogens with one attached hydrogen (secondary N) is 1. The summed E-state index contributed by atoms with van der Waals surface area (Å²) in [6.07, 6.45) is 6.85. The van der Waals surface area contributed by atoms with Gasteiger partial charge < -0.3 is 5.32 Å². The Morgan fingerprint density at radius 2 is 2.25 bits per heavy atom. The molecule has 0 spiro atoms. The zero-order valence-corrected chi connectivity index (χ0v) is 12.9. The molecule has 1 aromatic rings. The van der Waals surface area contributed by atoms with E-state index in [0.717, 1.165) is 30.5 Å². The predicted molar refractivity (Wildman–Crippen MR) is 83.6 cm³/mol. The molecule has 2 nitrogen and oxygen atoms in total. The van der Waals surface area contributed by atoms with Crippen molar-refractivity contribution in [3.05, 3.63) is 34.3 Å². The minimum atomic E-state index is 0.620. The van der Waals surface area contributed by atoms with Gasteiger partial charge in [-0.2, -0.15) is 5.26 Å². The monoisotopic (exact) mass is 290 g/mol. The van der Waals surface area contributed by atoms with E-state index in [1.54, 1.807) is 6.07 Å². The second-order valence-electron chi connectivity index (χ2n) is 6.02. The molecule has 2 atom stereocenters. The van der Waals surface area contributed by atoms with Gasteiger partial charge in [0.05, 0.1) is 11.6 Å². The van der Waals surface area contributed by atoms with E-state index >= 15 is 0 Å². The zero-order chi connectivity index (χ0) is 14.4. The number of halogens is 1. The fourth-order valence-electron chi connectivity index (χ4n) is 3.11. The molecule has 1 aromatic carbocycles. The molecule has 0 saturated heterocycles. The van der Waals surface area contributed by atoms with Crippen LogP contribution in [0.25, 0.3) is 0 Å². The third-order valence-electron chi connectivity index (χ3n) is 4.27. The maximum absolute atomic E-state index is 8.81. The van der Waals surface area contributed by atoms with Crippen LogP contribution in [0.5, 0.6) is 0 Å². The summed E-state index contributed by atoms with van der Waals surface area (Å²) in [5.41, 5.74) is 1.69. The van der Waals surface area contributed by atoms with E-state index in [4.69, 9.17) is 16.9 Å². The highest BCUT2D eigenvalue weighted by molar-refractivity contribution is 6.31. The van der Waals surface area contributed by atoms with Crippen LogP contribution in [0.2, 0.25) is 5.02 Å². The second kappa shape index (κ2) is 7.67. The molecular weight excluding hydrogens is 268 g/mol. The highest BCUT2D eigenvalue weighted by Crippen LogP contribution is 2.30. The number of hydrogen-bond acceptors (Lipinski definition) is 2. The molecule has 0 radical (unpaired) electrons. The van der Waals surface area contributed by atoms with Gasteiger partial charge in [0.1, 0.15) is 0 Å². The molecule has 1 aliphatic carbocycles. The van der Waals surface area contributed by atoms with Crippen LogP contribution in [0.1, 0.15) is 50.2 Å². The number of hydrogen-bond donors (Lipinski definition) is 1. The minimum Gasteiger partial charge on any atom is -0.313 e. The van der Waals surface area contributed by atoms with Gasteiger partial charge in [-0.05, 0) is 48.9 Å². The summed E-state index contributed by atoms with van der Waals surface area (Å²) >= 11 is 6.16. The molecule has 1 aliphatic rings. The average Bonchev–Trinajstić information content (AvgIpc) is 2.45. The Balaban J connectivity index is 1.72. The molecule has 0 heterocycles. The molecule has 0 aromatic heterocycles. The van der Waals surface area contributed by atoms with E-state index in [1.165, 1.54) is 32.1 Å². The highest BCUT2D eigenvalue weighted by atomic mass is 35.5. The van der Waals surface area contributed by atoms with E-state index in [0.29, 0.717) is 10.6 Å². The normalized spacial score (nSPS) is 22.4. The third-order valence-corrected chi connectivity index (χ3v) is 4.62. The van der Waals surface area contributed by atoms with Crippen LogP contribution in [-0.4, -0.2) is 6.54 Å². The maximum atomic E-state index is 8.81. The first kappa shape index (κ1) is 15.4. The number of rotatable bonds is 5. The molecule has 0 amide bonds. The van der Waals surface area contributed by atoms with Gasteiger partial charge in [-0.3, -0.25) is 0 Å². The van der Waals surface area contributed by atoms with Crippen molar-refractivity contribution >= 4 is 11.6 Å². The van der Waals surface area contributed by atoms with Crippen molar-refractivity contribution in [2.45, 2.75) is 45.6 Å². The highest BCUT2D eigenvalue weighted by Gasteiger charge is 2.18. The van der Waals surface area contributed by atoms with Crippen LogP contribution < -0.4 is 5.32 Å². The van der Waals surface area contributed by atoms with Crippen LogP contribution in [0.3, 0.4) is 0 Å². The van der Waals surface area contributed by atoms with Crippen LogP contribution in [0.15, 0.2) is 18.2 Å². The summed E-state index contributed by atoms with van der Waals surface area (Å²) in [5, 5.41) is 13.0. The lowest BCUT2D eigenvalue weighted by atomic mass is 9.81. The van der Waals surface area contributed by atoms with Gasteiger partial charge in [0.25, 0.3) is 0 Å². The zero-order valence-electron chi connectivity index (χ0n) is 12.2. The van der Waals surface area contributed by atoms with E-state index < -0.39 is 0 Å². The summed E-state index contributed by atoms with van der Waals surface area (Å²) in [6, 6.07) is 7.61. The summed E-state index contributed by atoms with van der Waals surface area (Å²) in [4.78, 5) is 0. The molecular formula is C17H23ClN2. The van der Waals surface area contributed by atoms with Crippen molar-refractivity contribution in [2.75, 3.05) is 6.54 Å². The Labute approximate surface area is 127 Å². The van der Waals surface area contributed by atoms with E-state index in [9.17, 15) is 0 Å². The minimum absolute atomic E-state index is 0.620. The van der Waals surface area contributed by atoms with Gasteiger partial charge in [0.15, 0.2) is 0 Å². The van der Waals surface area contributed by atoms with E-state index in [-0.39, 0.29) is 0 Å². The fraction of sp³-hybridized carbons (Fsp3) is 0.588. The van der Waals surface area contributed by atoms with E-state index in [2.05, 4.69) is 18.3 Å². The average molecular weight is 291 g/mol. The Kier molecular flexibility index (Phi) is 5.88. The lowest BCUT2D eigenvalue weighted by Gasteiger charge is -2.26. The fourth-order valence-corrected chi connectivity index (χ4v) is 3.36. The summed E-state index contributed by atoms with van der Waals surface area (Å²) in [7, 11) is 0. The molecule has 2 rings (SSSR count). The number of nitriles is 1. The molecule has 20 heavy (non-hydrogen) atoms. The Bertz CT molecular complexity index is 478. The first-order valence-corrected chi connectivity index (χ1v) is 7.96. The predicted octanol–water partition coefficient (Wildman–Crippen LogP) is 4.52. The Morgan fingerprint density at radius 3 is 2.95 bits per heavy atom. The van der Waals surface area contributed by atoms with Crippen molar-refractivity contribution in [3.8, 4) is 6.07 Å². The quantitative estimate of drug-likeness (QED) is 0.810. The topological polar surface area (TPSA) is 35.8 Å². The SMILES string of the molecule is CC1CCCC(CCNCc2ccc(C#N)cc2Cl)C1. The van der Waals surface area contributed by atoms with Gasteiger partial charge in [0.2, 0.25) is 0 Å². The van der Waals surface area contributed by atoms with Gasteiger partial charge in [-0.1, -0.05) is 43.9 Å². The van der Waals surface area contributed by atoms with Crippen LogP contribution in [-0.2, 0) is 6.54 Å². The standard InChI is InChI=1S/C17H23ClN2/c1-13-3-2-4-14(9-13)7-8-20-12-16-6-5-15(11-19)10-17(16)18/h5-6,10,13-14,20H,2-4,7-9,12H2,1H3. The molecule has 0 aliphatic heterocycles. The lowest BCUT2D eigenvalue weighted by Crippen LogP contribution is -2.21. The van der Waals surface area contributed by atoms with Crippen molar-refractivity contribution in [3.63, 3.8) is 0 Å². The smallest absolute Gasteiger partial charge is 0.0992 e. The first-order valence-electron chi connectivity index (χ1n) is 7.58. The number of benzene rings is 1. The molecule has 3 heteroatoms. The molecule has 1 saturated carbocycles. The van der Waals surface area contributed by atoms with Crippen molar-refractivity contribution in [1.29, 1.82) is 5.26 Å². The summed E-state index contributed by atoms with van der Waals surface area (Å²) in [5.74, 6) is 1.80. The third kappa shape index (κ3) is 4.51. The van der Waals surface area contributed by atoms with Crippen molar-refractivity contribution in [2.24, 2.45) is 11.8 Å². The molecule has 1 fully saturated rings. The Morgan fingerprint density at radius 1 is 1.40 bits per heavy atom. The van der Waals surface area contributed by atoms with Crippen molar-refractivity contribution < 1.29 is 0 Å². The van der Waals surface area contributed by atoms with Gasteiger partial charge >= 0.3 is 0 Å². The molecule has 1 N–H and O–H groups in total. The first-order chi connectivity index (χ1) is 9.69. The summed E-state index contributed by atoms with van der Waals surface area (Å²) in [6.45, 7) is 4.21. The van der Waals surface area contributed by atoms with Crippen molar-refractivity contribution in [1.82, 2.24) is 5.32 Å².